The van der Waals surface area contributed by atoms with Gasteiger partial charge in [0.05, 0.1) is 12.6 Å². The van der Waals surface area contributed by atoms with E-state index in [0.717, 1.165) is 12.7 Å². The molecule has 0 aliphatic heterocycles. The molecule has 0 aromatic carbocycles. The number of nitrogens with zero attached hydrogens (tertiary/aromatic N) is 2. The van der Waals surface area contributed by atoms with E-state index in [-0.39, 0.29) is 12.6 Å². The van der Waals surface area contributed by atoms with Crippen molar-refractivity contribution in [3.63, 3.8) is 0 Å². The molecule has 4 nitrogen and oxygen atoms in total. The second-order valence-electron chi connectivity index (χ2n) is 3.88. The zero-order valence-electron chi connectivity index (χ0n) is 8.94. The molecule has 0 radical (unpaired) electrons. The van der Waals surface area contributed by atoms with Crippen LogP contribution in [0.2, 0.25) is 0 Å². The van der Waals surface area contributed by atoms with Gasteiger partial charge in [-0.2, -0.15) is 4.39 Å². The molecular weight excluding hydrogens is 197 g/mol. The van der Waals surface area contributed by atoms with Gasteiger partial charge in [-0.3, -0.25) is 0 Å². The van der Waals surface area contributed by atoms with E-state index in [1.165, 1.54) is 6.07 Å². The van der Waals surface area contributed by atoms with Gasteiger partial charge in [-0.05, 0) is 12.3 Å². The number of aliphatic hydroxyl groups excluding tert-OH is 1. The van der Waals surface area contributed by atoms with Crippen LogP contribution in [0.1, 0.15) is 20.3 Å². The second kappa shape index (κ2) is 5.60. The summed E-state index contributed by atoms with van der Waals surface area (Å²) in [6.45, 7) is 4.12. The number of aliphatic hydroxyl groups is 1. The van der Waals surface area contributed by atoms with E-state index in [1.807, 2.05) is 0 Å². The molecule has 0 fully saturated rings. The van der Waals surface area contributed by atoms with Crippen LogP contribution in [0.5, 0.6) is 0 Å². The van der Waals surface area contributed by atoms with Gasteiger partial charge >= 0.3 is 0 Å². The zero-order valence-corrected chi connectivity index (χ0v) is 8.94. The van der Waals surface area contributed by atoms with Gasteiger partial charge in [-0.15, -0.1) is 0 Å². The molecule has 1 rings (SSSR count). The summed E-state index contributed by atoms with van der Waals surface area (Å²) in [5.74, 6) is 0.289. The molecule has 1 heterocycles. The van der Waals surface area contributed by atoms with Crippen LogP contribution in [0.15, 0.2) is 12.4 Å². The molecule has 1 aromatic heterocycles. The van der Waals surface area contributed by atoms with Crippen LogP contribution >= 0.6 is 0 Å². The van der Waals surface area contributed by atoms with Crippen LogP contribution < -0.4 is 5.32 Å². The lowest BCUT2D eigenvalue weighted by Crippen LogP contribution is -2.26. The van der Waals surface area contributed by atoms with Gasteiger partial charge in [0.1, 0.15) is 12.1 Å². The monoisotopic (exact) mass is 213 g/mol. The quantitative estimate of drug-likeness (QED) is 0.726. The average Bonchev–Trinajstić information content (AvgIpc) is 2.16. The molecule has 2 N–H and O–H groups in total. The van der Waals surface area contributed by atoms with Gasteiger partial charge in [-0.25, -0.2) is 9.97 Å². The molecule has 0 saturated heterocycles. The molecule has 1 atom stereocenters. The van der Waals surface area contributed by atoms with Crippen molar-refractivity contribution in [2.24, 2.45) is 5.92 Å². The minimum absolute atomic E-state index is 0.00377. The Morgan fingerprint density at radius 3 is 2.73 bits per heavy atom. The first-order chi connectivity index (χ1) is 7.11. The minimum Gasteiger partial charge on any atom is -0.394 e. The summed E-state index contributed by atoms with van der Waals surface area (Å²) in [4.78, 5) is 7.21. The number of nitrogens with one attached hydrogen (secondary N) is 1. The molecule has 0 aliphatic carbocycles. The topological polar surface area (TPSA) is 58.0 Å². The summed E-state index contributed by atoms with van der Waals surface area (Å²) in [6, 6.07) is 1.11. The van der Waals surface area contributed by atoms with Crippen molar-refractivity contribution >= 4 is 5.82 Å². The number of hydrogen-bond acceptors (Lipinski definition) is 4. The number of hydrogen-bond donors (Lipinski definition) is 2. The SMILES string of the molecule is CC(C)CC(CO)Nc1cc(F)ncn1. The van der Waals surface area contributed by atoms with Crippen molar-refractivity contribution in [2.75, 3.05) is 11.9 Å². The lowest BCUT2D eigenvalue weighted by Gasteiger charge is -2.18. The van der Waals surface area contributed by atoms with E-state index in [2.05, 4.69) is 29.1 Å². The Bertz CT molecular complexity index is 306. The van der Waals surface area contributed by atoms with Crippen LogP contribution in [-0.4, -0.2) is 27.7 Å². The zero-order chi connectivity index (χ0) is 11.3. The largest absolute Gasteiger partial charge is 0.394 e. The predicted octanol–water partition coefficient (Wildman–Crippen LogP) is 1.43. The molecule has 0 aliphatic rings. The summed E-state index contributed by atoms with van der Waals surface area (Å²) in [6.07, 6.45) is 1.96. The maximum atomic E-state index is 12.7. The summed E-state index contributed by atoms with van der Waals surface area (Å²) in [7, 11) is 0. The Hall–Kier alpha value is -1.23. The van der Waals surface area contributed by atoms with Crippen LogP contribution in [0, 0.1) is 11.9 Å². The van der Waals surface area contributed by atoms with E-state index in [4.69, 9.17) is 5.11 Å². The molecule has 15 heavy (non-hydrogen) atoms. The molecule has 1 aromatic rings. The van der Waals surface area contributed by atoms with Crippen LogP contribution in [0.4, 0.5) is 10.2 Å². The third-order valence-corrected chi connectivity index (χ3v) is 1.96. The Morgan fingerprint density at radius 1 is 1.47 bits per heavy atom. The fourth-order valence-corrected chi connectivity index (χ4v) is 1.37. The first-order valence-electron chi connectivity index (χ1n) is 4.96. The molecule has 0 spiro atoms. The first-order valence-corrected chi connectivity index (χ1v) is 4.96. The van der Waals surface area contributed by atoms with Gasteiger partial charge in [0.15, 0.2) is 0 Å². The summed E-state index contributed by atoms with van der Waals surface area (Å²) >= 11 is 0. The predicted molar refractivity (Wildman–Crippen MR) is 55.9 cm³/mol. The van der Waals surface area contributed by atoms with E-state index in [1.54, 1.807) is 0 Å². The highest BCUT2D eigenvalue weighted by molar-refractivity contribution is 5.33. The normalized spacial score (nSPS) is 12.9. The number of anilines is 1. The maximum Gasteiger partial charge on any atom is 0.217 e. The number of aromatic nitrogens is 2. The minimum atomic E-state index is -0.575. The van der Waals surface area contributed by atoms with Crippen molar-refractivity contribution in [3.05, 3.63) is 18.3 Å². The van der Waals surface area contributed by atoms with Crippen molar-refractivity contribution in [2.45, 2.75) is 26.3 Å². The molecule has 0 bridgehead atoms. The van der Waals surface area contributed by atoms with Crippen molar-refractivity contribution in [1.82, 2.24) is 9.97 Å². The number of rotatable bonds is 5. The Morgan fingerprint density at radius 2 is 2.20 bits per heavy atom. The smallest absolute Gasteiger partial charge is 0.217 e. The fourth-order valence-electron chi connectivity index (χ4n) is 1.37. The molecule has 0 amide bonds. The third kappa shape index (κ3) is 4.20. The second-order valence-corrected chi connectivity index (χ2v) is 3.88. The van der Waals surface area contributed by atoms with Crippen LogP contribution in [0.3, 0.4) is 0 Å². The molecule has 84 valence electrons. The van der Waals surface area contributed by atoms with Crippen molar-refractivity contribution in [1.29, 1.82) is 0 Å². The highest BCUT2D eigenvalue weighted by Gasteiger charge is 2.10. The van der Waals surface area contributed by atoms with E-state index in [0.29, 0.717) is 11.7 Å². The highest BCUT2D eigenvalue weighted by atomic mass is 19.1. The van der Waals surface area contributed by atoms with Gasteiger partial charge < -0.3 is 10.4 Å². The van der Waals surface area contributed by atoms with Gasteiger partial charge in [0, 0.05) is 6.07 Å². The third-order valence-electron chi connectivity index (χ3n) is 1.96. The molecule has 0 saturated carbocycles. The summed E-state index contributed by atoms with van der Waals surface area (Å²) in [5.41, 5.74) is 0. The van der Waals surface area contributed by atoms with Crippen LogP contribution in [-0.2, 0) is 0 Å². The standard InChI is InChI=1S/C10H16FN3O/c1-7(2)3-8(5-15)14-10-4-9(11)12-6-13-10/h4,6-8,15H,3,5H2,1-2H3,(H,12,13,14). The lowest BCUT2D eigenvalue weighted by molar-refractivity contribution is 0.259. The van der Waals surface area contributed by atoms with E-state index in [9.17, 15) is 4.39 Å². The summed E-state index contributed by atoms with van der Waals surface area (Å²) in [5, 5.41) is 12.1. The van der Waals surface area contributed by atoms with Gasteiger partial charge in [0.2, 0.25) is 5.95 Å². The first kappa shape index (κ1) is 11.8. The van der Waals surface area contributed by atoms with E-state index < -0.39 is 5.95 Å². The van der Waals surface area contributed by atoms with Gasteiger partial charge in [-0.1, -0.05) is 13.8 Å². The Balaban J connectivity index is 2.58. The molecule has 5 heteroatoms. The maximum absolute atomic E-state index is 12.7. The highest BCUT2D eigenvalue weighted by Crippen LogP contribution is 2.10. The Kier molecular flexibility index (Phi) is 4.42. The molecular formula is C10H16FN3O. The Labute approximate surface area is 88.6 Å². The van der Waals surface area contributed by atoms with Crippen molar-refractivity contribution < 1.29 is 9.50 Å². The van der Waals surface area contributed by atoms with Gasteiger partial charge in [0.25, 0.3) is 0 Å². The van der Waals surface area contributed by atoms with Crippen LogP contribution in [0.25, 0.3) is 0 Å². The lowest BCUT2D eigenvalue weighted by atomic mass is 10.0. The molecule has 1 unspecified atom stereocenters. The summed E-state index contributed by atoms with van der Waals surface area (Å²) < 4.78 is 12.7. The van der Waals surface area contributed by atoms with Crippen molar-refractivity contribution in [3.8, 4) is 0 Å². The fraction of sp³-hybridized carbons (Fsp3) is 0.600. The average molecular weight is 213 g/mol. The van der Waals surface area contributed by atoms with E-state index >= 15 is 0 Å². The number of halogens is 1.